The molecule has 0 bridgehead atoms. The smallest absolute Gasteiger partial charge is 0.462 e. The van der Waals surface area contributed by atoms with Gasteiger partial charge in [-0.1, -0.05) is 228 Å². The van der Waals surface area contributed by atoms with Crippen molar-refractivity contribution in [2.24, 2.45) is 5.73 Å². The van der Waals surface area contributed by atoms with E-state index in [4.69, 9.17) is 24.3 Å². The topological polar surface area (TPSA) is 134 Å². The summed E-state index contributed by atoms with van der Waals surface area (Å²) in [5, 5.41) is 0. The Morgan fingerprint density at radius 3 is 1.08 bits per heavy atom. The van der Waals surface area contributed by atoms with Crippen LogP contribution in [0.1, 0.15) is 181 Å². The number of nitrogens with two attached hydrogens (primary N) is 1. The Morgan fingerprint density at radius 1 is 0.400 bits per heavy atom. The lowest BCUT2D eigenvalue weighted by atomic mass is 10.1. The summed E-state index contributed by atoms with van der Waals surface area (Å²) in [6.07, 6.45) is 88.1. The zero-order valence-corrected chi connectivity index (χ0v) is 47.3. The number of unbranched alkanes of at least 4 members (excludes halogenated alkanes) is 7. The van der Waals surface area contributed by atoms with Gasteiger partial charge in [0.1, 0.15) is 6.61 Å². The molecule has 0 aromatic heterocycles. The van der Waals surface area contributed by atoms with Crippen LogP contribution in [0.5, 0.6) is 0 Å². The van der Waals surface area contributed by atoms with E-state index in [0.29, 0.717) is 12.8 Å². The second-order valence-corrected chi connectivity index (χ2v) is 19.1. The standard InChI is InChI=1S/C65H100NO8P/c1-3-5-7-9-11-13-15-17-19-21-23-24-25-26-27-28-29-30-31-32-33-34-35-36-37-38-40-42-44-46-48-50-52-54-56-58-65(68)74-63(62-73-75(69,70)72-60-59-66)61-71-64(67)57-55-53-51-49-47-45-43-41-39-22-20-18-16-14-12-10-8-6-4-2/h5-8,11-14,17-20,23-24,26-27,29-30,32-33,35-36,38-41,45,47,51,53,63H,3-4,9-10,15-16,21-22,25,28,31,34,37,42-44,46,48-50,52,54-62,66H2,1-2H3,(H,69,70)/b7-5-,8-6-,13-11-,14-12-,19-17-,20-18-,24-23-,27-26-,30-29-,33-32-,36-35-,40-38-,41-39-,47-45-,53-51-. The first kappa shape index (κ1) is 70.1. The number of carbonyl (C=O) groups excluding carboxylic acids is 2. The van der Waals surface area contributed by atoms with E-state index < -0.39 is 32.5 Å². The lowest BCUT2D eigenvalue weighted by Crippen LogP contribution is -2.29. The van der Waals surface area contributed by atoms with Gasteiger partial charge in [-0.3, -0.25) is 18.6 Å². The molecule has 0 aliphatic heterocycles. The van der Waals surface area contributed by atoms with Gasteiger partial charge in [-0.15, -0.1) is 0 Å². The van der Waals surface area contributed by atoms with Crippen LogP contribution in [-0.4, -0.2) is 49.3 Å². The number of phosphoric acid groups is 1. The predicted octanol–water partition coefficient (Wildman–Crippen LogP) is 18.1. The van der Waals surface area contributed by atoms with Crippen molar-refractivity contribution in [1.29, 1.82) is 0 Å². The van der Waals surface area contributed by atoms with E-state index in [2.05, 4.69) is 184 Å². The molecule has 0 aliphatic carbocycles. The van der Waals surface area contributed by atoms with Crippen LogP contribution in [0.2, 0.25) is 0 Å². The quantitative estimate of drug-likeness (QED) is 0.0264. The first-order valence-corrected chi connectivity index (χ1v) is 29.8. The molecule has 418 valence electrons. The number of rotatable bonds is 50. The van der Waals surface area contributed by atoms with Crippen molar-refractivity contribution in [3.8, 4) is 0 Å². The maximum atomic E-state index is 12.7. The van der Waals surface area contributed by atoms with Gasteiger partial charge in [0.05, 0.1) is 13.2 Å². The van der Waals surface area contributed by atoms with Crippen LogP contribution in [-0.2, 0) is 32.7 Å². The second-order valence-electron chi connectivity index (χ2n) is 17.7. The van der Waals surface area contributed by atoms with Crippen LogP contribution < -0.4 is 5.73 Å². The van der Waals surface area contributed by atoms with Gasteiger partial charge in [-0.05, 0) is 122 Å². The molecule has 0 aromatic rings. The van der Waals surface area contributed by atoms with Crippen molar-refractivity contribution >= 4 is 19.8 Å². The molecule has 0 aromatic carbocycles. The average Bonchev–Trinajstić information content (AvgIpc) is 3.40. The van der Waals surface area contributed by atoms with E-state index in [1.54, 1.807) is 0 Å². The molecule has 0 saturated heterocycles. The number of esters is 2. The molecule has 3 N–H and O–H groups in total. The molecule has 0 aliphatic rings. The van der Waals surface area contributed by atoms with Gasteiger partial charge < -0.3 is 20.1 Å². The molecule has 10 heteroatoms. The highest BCUT2D eigenvalue weighted by molar-refractivity contribution is 7.47. The maximum absolute atomic E-state index is 12.7. The molecule has 9 nitrogen and oxygen atoms in total. The van der Waals surface area contributed by atoms with E-state index >= 15 is 0 Å². The number of hydrogen-bond acceptors (Lipinski definition) is 8. The van der Waals surface area contributed by atoms with Crippen LogP contribution in [0.25, 0.3) is 0 Å². The Bertz CT molecular complexity index is 1870. The van der Waals surface area contributed by atoms with Gasteiger partial charge in [-0.25, -0.2) is 4.57 Å². The number of phosphoric ester groups is 1. The summed E-state index contributed by atoms with van der Waals surface area (Å²) in [6.45, 7) is 3.38. The lowest BCUT2D eigenvalue weighted by molar-refractivity contribution is -0.161. The molecule has 0 radical (unpaired) electrons. The van der Waals surface area contributed by atoms with Gasteiger partial charge >= 0.3 is 19.8 Å². The van der Waals surface area contributed by atoms with Gasteiger partial charge in [-0.2, -0.15) is 0 Å². The highest BCUT2D eigenvalue weighted by Crippen LogP contribution is 2.43. The molecule has 0 amide bonds. The van der Waals surface area contributed by atoms with Gasteiger partial charge in [0.2, 0.25) is 0 Å². The van der Waals surface area contributed by atoms with Gasteiger partial charge in [0.15, 0.2) is 6.10 Å². The summed E-state index contributed by atoms with van der Waals surface area (Å²) in [4.78, 5) is 35.1. The molecule has 2 unspecified atom stereocenters. The Hall–Kier alpha value is -4.89. The van der Waals surface area contributed by atoms with Crippen molar-refractivity contribution in [2.75, 3.05) is 26.4 Å². The molecular formula is C65H100NO8P. The molecule has 75 heavy (non-hydrogen) atoms. The molecule has 0 fully saturated rings. The van der Waals surface area contributed by atoms with E-state index in [9.17, 15) is 19.0 Å². The molecule has 0 rings (SSSR count). The van der Waals surface area contributed by atoms with Crippen LogP contribution in [0.15, 0.2) is 182 Å². The molecule has 2 atom stereocenters. The minimum absolute atomic E-state index is 0.0310. The molecule has 0 heterocycles. The van der Waals surface area contributed by atoms with Crippen molar-refractivity contribution in [3.63, 3.8) is 0 Å². The van der Waals surface area contributed by atoms with Gasteiger partial charge in [0, 0.05) is 19.4 Å². The summed E-state index contributed by atoms with van der Waals surface area (Å²) in [5.41, 5.74) is 5.37. The van der Waals surface area contributed by atoms with Crippen LogP contribution >= 0.6 is 7.82 Å². The van der Waals surface area contributed by atoms with E-state index in [1.165, 1.54) is 12.8 Å². The number of ether oxygens (including phenoxy) is 2. The van der Waals surface area contributed by atoms with Crippen LogP contribution in [0.4, 0.5) is 0 Å². The highest BCUT2D eigenvalue weighted by Gasteiger charge is 2.26. The third-order valence-corrected chi connectivity index (χ3v) is 11.8. The van der Waals surface area contributed by atoms with Crippen LogP contribution in [0.3, 0.4) is 0 Å². The van der Waals surface area contributed by atoms with E-state index in [-0.39, 0.29) is 32.6 Å². The van der Waals surface area contributed by atoms with Crippen LogP contribution in [0, 0.1) is 0 Å². The summed E-state index contributed by atoms with van der Waals surface area (Å²) in [7, 11) is -4.42. The SMILES string of the molecule is CC/C=C\C/C=C\C/C=C\C/C=C\C/C=C\C/C=C\C/C=C\C/C=C\C/C=C\CCCCCCCCCC(=O)OC(COC(=O)CC/C=C\C/C=C\C/C=C\C/C=C\C/C=C\C/C=C\CC)COP(=O)(O)OCCN. The fourth-order valence-corrected chi connectivity index (χ4v) is 7.48. The summed E-state index contributed by atoms with van der Waals surface area (Å²) < 4.78 is 32.9. The largest absolute Gasteiger partial charge is 0.472 e. The summed E-state index contributed by atoms with van der Waals surface area (Å²) in [6, 6.07) is 0. The molecule has 0 spiro atoms. The summed E-state index contributed by atoms with van der Waals surface area (Å²) >= 11 is 0. The van der Waals surface area contributed by atoms with Crippen molar-refractivity contribution < 1.29 is 37.6 Å². The van der Waals surface area contributed by atoms with Crippen molar-refractivity contribution in [1.82, 2.24) is 0 Å². The number of hydrogen-bond donors (Lipinski definition) is 2. The normalized spacial score (nSPS) is 14.5. The Balaban J connectivity index is 4.15. The summed E-state index contributed by atoms with van der Waals surface area (Å²) in [5.74, 6) is -0.957. The fourth-order valence-electron chi connectivity index (χ4n) is 6.71. The monoisotopic (exact) mass is 1050 g/mol. The Labute approximate surface area is 456 Å². The average molecular weight is 1050 g/mol. The number of carbonyl (C=O) groups is 2. The third-order valence-electron chi connectivity index (χ3n) is 10.8. The minimum Gasteiger partial charge on any atom is -0.462 e. The lowest BCUT2D eigenvalue weighted by Gasteiger charge is -2.19. The Morgan fingerprint density at radius 2 is 0.720 bits per heavy atom. The highest BCUT2D eigenvalue weighted by atomic mass is 31.2. The zero-order valence-electron chi connectivity index (χ0n) is 46.4. The molecule has 0 saturated carbocycles. The minimum atomic E-state index is -4.42. The predicted molar refractivity (Wildman–Crippen MR) is 320 cm³/mol. The van der Waals surface area contributed by atoms with Gasteiger partial charge in [0.25, 0.3) is 0 Å². The Kier molecular flexibility index (Phi) is 54.6. The fraction of sp³-hybridized carbons (Fsp3) is 0.508. The first-order chi connectivity index (χ1) is 36.8. The molecular weight excluding hydrogens is 954 g/mol. The third kappa shape index (κ3) is 58.2. The van der Waals surface area contributed by atoms with Crippen molar-refractivity contribution in [2.45, 2.75) is 187 Å². The maximum Gasteiger partial charge on any atom is 0.472 e. The number of allylic oxidation sites excluding steroid dienone is 30. The second kappa shape index (κ2) is 58.4. The van der Waals surface area contributed by atoms with E-state index in [0.717, 1.165) is 128 Å². The zero-order chi connectivity index (χ0) is 54.5. The van der Waals surface area contributed by atoms with Crippen molar-refractivity contribution in [3.05, 3.63) is 182 Å². The first-order valence-electron chi connectivity index (χ1n) is 28.3. The van der Waals surface area contributed by atoms with E-state index in [1.807, 2.05) is 12.2 Å².